The molecule has 1 aliphatic heterocycles. The molecule has 11 nitrogen and oxygen atoms in total. The minimum Gasteiger partial charge on any atom is -0.491 e. The minimum atomic E-state index is -4.63. The van der Waals surface area contributed by atoms with Crippen LogP contribution in [-0.4, -0.2) is 64.6 Å². The van der Waals surface area contributed by atoms with E-state index in [1.807, 2.05) is 32.0 Å². The Hall–Kier alpha value is -4.79. The van der Waals surface area contributed by atoms with E-state index in [2.05, 4.69) is 24.7 Å². The number of nitrogens with zero attached hydrogens (tertiary/aromatic N) is 5. The van der Waals surface area contributed by atoms with Gasteiger partial charge in [0, 0.05) is 17.2 Å². The molecule has 254 valence electrons. The number of aryl methyl sites for hydroxylation is 2. The second kappa shape index (κ2) is 13.4. The maximum absolute atomic E-state index is 14.3. The summed E-state index contributed by atoms with van der Waals surface area (Å²) in [5.74, 6) is -0.665. The average molecular weight is 685 g/mol. The summed E-state index contributed by atoms with van der Waals surface area (Å²) in [6.07, 6.45) is -2.40. The Bertz CT molecular complexity index is 1900. The first kappa shape index (κ1) is 34.5. The number of rotatable bonds is 7. The van der Waals surface area contributed by atoms with E-state index in [1.54, 1.807) is 6.92 Å². The number of fused-ring (bicyclic) bond motifs is 4. The number of hydrogen-bond acceptors (Lipinski definition) is 9. The first-order chi connectivity index (χ1) is 22.6. The lowest BCUT2D eigenvalue weighted by atomic mass is 9.84. The van der Waals surface area contributed by atoms with Gasteiger partial charge in [-0.1, -0.05) is 38.1 Å². The third kappa shape index (κ3) is 7.51. The highest BCUT2D eigenvalue weighted by molar-refractivity contribution is 7.92. The van der Waals surface area contributed by atoms with E-state index < -0.39 is 46.6 Å². The van der Waals surface area contributed by atoms with Gasteiger partial charge < -0.3 is 14.4 Å². The Morgan fingerprint density at radius 1 is 1.02 bits per heavy atom. The van der Waals surface area contributed by atoms with Gasteiger partial charge in [0.25, 0.3) is 15.9 Å². The third-order valence-electron chi connectivity index (χ3n) is 8.00. The van der Waals surface area contributed by atoms with Crippen LogP contribution in [0.2, 0.25) is 0 Å². The van der Waals surface area contributed by atoms with Crippen molar-refractivity contribution in [2.24, 2.45) is 5.41 Å². The van der Waals surface area contributed by atoms with Crippen LogP contribution in [-0.2, 0) is 16.6 Å². The highest BCUT2D eigenvalue weighted by atomic mass is 32.2. The van der Waals surface area contributed by atoms with E-state index in [1.165, 1.54) is 41.6 Å². The summed E-state index contributed by atoms with van der Waals surface area (Å²) < 4.78 is 83.9. The quantitative estimate of drug-likeness (QED) is 0.244. The molecule has 48 heavy (non-hydrogen) atoms. The molecule has 0 unspecified atom stereocenters. The summed E-state index contributed by atoms with van der Waals surface area (Å²) in [6.45, 7) is 7.22. The summed E-state index contributed by atoms with van der Waals surface area (Å²) in [5.41, 5.74) is 0.379. The lowest BCUT2D eigenvalue weighted by Crippen LogP contribution is -2.48. The van der Waals surface area contributed by atoms with E-state index >= 15 is 0 Å². The summed E-state index contributed by atoms with van der Waals surface area (Å²) in [7, 11) is -4.34. The van der Waals surface area contributed by atoms with Gasteiger partial charge in [0.15, 0.2) is 5.75 Å². The normalized spacial score (nSPS) is 16.5. The van der Waals surface area contributed by atoms with Gasteiger partial charge in [-0.05, 0) is 56.5 Å². The van der Waals surface area contributed by atoms with E-state index in [-0.39, 0.29) is 34.7 Å². The number of halogens is 3. The number of alkyl halides is 3. The van der Waals surface area contributed by atoms with E-state index in [0.717, 1.165) is 31.0 Å². The van der Waals surface area contributed by atoms with E-state index in [9.17, 15) is 26.4 Å². The van der Waals surface area contributed by atoms with Crippen LogP contribution < -0.4 is 14.2 Å². The number of hydrogen-bond donors (Lipinski definition) is 1. The molecule has 2 aromatic carbocycles. The first-order valence-corrected chi connectivity index (χ1v) is 16.6. The molecule has 1 aliphatic rings. The van der Waals surface area contributed by atoms with Crippen molar-refractivity contribution in [2.45, 2.75) is 64.7 Å². The number of benzene rings is 2. The molecule has 2 aromatic heterocycles. The largest absolute Gasteiger partial charge is 0.491 e. The van der Waals surface area contributed by atoms with Crippen molar-refractivity contribution in [2.75, 3.05) is 17.9 Å². The Morgan fingerprint density at radius 3 is 2.33 bits per heavy atom. The van der Waals surface area contributed by atoms with Gasteiger partial charge in [-0.25, -0.2) is 28.1 Å². The van der Waals surface area contributed by atoms with Crippen LogP contribution >= 0.6 is 0 Å². The van der Waals surface area contributed by atoms with Gasteiger partial charge in [-0.3, -0.25) is 4.79 Å². The van der Waals surface area contributed by atoms with Crippen molar-refractivity contribution in [1.82, 2.24) is 24.8 Å². The lowest BCUT2D eigenvalue weighted by molar-refractivity contribution is -0.217. The highest BCUT2D eigenvalue weighted by Gasteiger charge is 2.49. The first-order valence-electron chi connectivity index (χ1n) is 15.1. The van der Waals surface area contributed by atoms with Crippen molar-refractivity contribution in [3.05, 3.63) is 83.4 Å². The fraction of sp³-hybridized carbons (Fsp3) is 0.364. The smallest absolute Gasteiger partial charge is 0.394 e. The van der Waals surface area contributed by atoms with Crippen LogP contribution in [0.3, 0.4) is 0 Å². The SMILES string of the molecule is CCOc1cnc(CN2C(=O)c3cccc(c3)S(=O)(=O)Nc3nc(cc(-c4c(C)cccc4C)n3)OC[C@H]2CC(C)(C)C(F)(F)F)nc1. The highest BCUT2D eigenvalue weighted by Crippen LogP contribution is 2.42. The number of carbonyl (C=O) groups excluding carboxylic acids is 1. The molecule has 0 spiro atoms. The number of amides is 1. The van der Waals surface area contributed by atoms with Gasteiger partial charge >= 0.3 is 6.18 Å². The van der Waals surface area contributed by atoms with E-state index in [0.29, 0.717) is 23.6 Å². The molecule has 0 aliphatic carbocycles. The maximum atomic E-state index is 14.3. The molecule has 5 rings (SSSR count). The summed E-state index contributed by atoms with van der Waals surface area (Å²) >= 11 is 0. The molecule has 4 bridgehead atoms. The van der Waals surface area contributed by atoms with E-state index in [4.69, 9.17) is 9.47 Å². The molecule has 3 heterocycles. The molecule has 4 aromatic rings. The Balaban J connectivity index is 1.68. The zero-order valence-electron chi connectivity index (χ0n) is 27.0. The lowest BCUT2D eigenvalue weighted by Gasteiger charge is -2.37. The molecular weight excluding hydrogens is 649 g/mol. The number of anilines is 1. The maximum Gasteiger partial charge on any atom is 0.394 e. The molecule has 1 atom stereocenters. The second-order valence-corrected chi connectivity index (χ2v) is 13.7. The molecule has 0 radical (unpaired) electrons. The van der Waals surface area contributed by atoms with Crippen LogP contribution in [0.5, 0.6) is 11.6 Å². The topological polar surface area (TPSA) is 136 Å². The summed E-state index contributed by atoms with van der Waals surface area (Å²) in [4.78, 5) is 32.4. The molecule has 1 amide bonds. The molecule has 0 saturated heterocycles. The predicted octanol–water partition coefficient (Wildman–Crippen LogP) is 6.13. The number of sulfonamides is 1. The molecule has 1 N–H and O–H groups in total. The fourth-order valence-corrected chi connectivity index (χ4v) is 6.35. The summed E-state index contributed by atoms with van der Waals surface area (Å²) in [6, 6.07) is 11.1. The minimum absolute atomic E-state index is 0.0817. The van der Waals surface area contributed by atoms with Crippen molar-refractivity contribution >= 4 is 21.9 Å². The number of ether oxygens (including phenoxy) is 2. The molecule has 15 heteroatoms. The van der Waals surface area contributed by atoms with Crippen molar-refractivity contribution in [1.29, 1.82) is 0 Å². The van der Waals surface area contributed by atoms with Gasteiger partial charge in [-0.15, -0.1) is 0 Å². The monoisotopic (exact) mass is 684 g/mol. The number of nitrogens with one attached hydrogen (secondary N) is 1. The Labute approximate surface area is 276 Å². The van der Waals surface area contributed by atoms with Gasteiger partial charge in [0.1, 0.15) is 12.4 Å². The predicted molar refractivity (Wildman–Crippen MR) is 171 cm³/mol. The Morgan fingerprint density at radius 2 is 1.69 bits per heavy atom. The third-order valence-corrected chi connectivity index (χ3v) is 9.33. The van der Waals surface area contributed by atoms with Crippen LogP contribution in [0.1, 0.15) is 54.5 Å². The van der Waals surface area contributed by atoms with Crippen molar-refractivity contribution in [3.8, 4) is 22.9 Å². The summed E-state index contributed by atoms with van der Waals surface area (Å²) in [5, 5.41) is 0. The van der Waals surface area contributed by atoms with Gasteiger partial charge in [-0.2, -0.15) is 18.2 Å². The number of aromatic nitrogens is 4. The van der Waals surface area contributed by atoms with Gasteiger partial charge in [0.05, 0.1) is 47.6 Å². The average Bonchev–Trinajstić information content (AvgIpc) is 3.01. The standard InChI is InChI=1S/C33H35F3N6O5S/c1-6-46-24-16-37-27(38-17-24)18-42-23(15-32(4,5)33(34,35)36)19-47-28-14-26(29-20(2)9-7-10-21(29)3)39-31(40-28)41-48(44,45)25-12-8-11-22(13-25)30(42)43/h7-14,16-17,23H,6,15,18-19H2,1-5H3,(H,39,40,41)/t23-/m1/s1. The van der Waals surface area contributed by atoms with Crippen LogP contribution in [0, 0.1) is 19.3 Å². The van der Waals surface area contributed by atoms with Crippen LogP contribution in [0.4, 0.5) is 19.1 Å². The molecule has 0 saturated carbocycles. The van der Waals surface area contributed by atoms with Gasteiger partial charge in [0.2, 0.25) is 11.8 Å². The zero-order chi connectivity index (χ0) is 34.9. The van der Waals surface area contributed by atoms with Crippen LogP contribution in [0.15, 0.2) is 65.8 Å². The van der Waals surface area contributed by atoms with Crippen molar-refractivity contribution in [3.63, 3.8) is 0 Å². The van der Waals surface area contributed by atoms with Crippen molar-refractivity contribution < 1.29 is 35.9 Å². The van der Waals surface area contributed by atoms with Crippen LogP contribution in [0.25, 0.3) is 11.3 Å². The molecular formula is C33H35F3N6O5S. The second-order valence-electron chi connectivity index (χ2n) is 12.1. The fourth-order valence-electron chi connectivity index (χ4n) is 5.36. The Kier molecular flexibility index (Phi) is 9.62. The zero-order valence-corrected chi connectivity index (χ0v) is 27.8. The molecule has 0 fully saturated rings. The number of carbonyl (C=O) groups is 1.